The molecule has 0 aliphatic carbocycles. The maximum Gasteiger partial charge on any atom is 0.232 e. The molecule has 4 rings (SSSR count). The number of fused-ring (bicyclic) bond motifs is 1. The van der Waals surface area contributed by atoms with Gasteiger partial charge in [-0.3, -0.25) is 0 Å². The van der Waals surface area contributed by atoms with Gasteiger partial charge in [-0.1, -0.05) is 41.9 Å². The number of hydrogen-bond acceptors (Lipinski definition) is 5. The maximum absolute atomic E-state index is 6.19. The average Bonchev–Trinajstić information content (AvgIpc) is 2.65. The van der Waals surface area contributed by atoms with Gasteiger partial charge in [-0.15, -0.1) is 0 Å². The largest absolute Gasteiger partial charge is 0.368 e. The summed E-state index contributed by atoms with van der Waals surface area (Å²) in [7, 11) is 0. The Morgan fingerprint density at radius 3 is 2.74 bits per heavy atom. The molecular weight excluding hydrogens is 360 g/mol. The first-order chi connectivity index (χ1) is 13.1. The van der Waals surface area contributed by atoms with Gasteiger partial charge in [0.15, 0.2) is 5.82 Å². The highest BCUT2D eigenvalue weighted by Gasteiger charge is 2.20. The number of aromatic nitrogens is 3. The van der Waals surface area contributed by atoms with Crippen molar-refractivity contribution in [1.29, 1.82) is 0 Å². The summed E-state index contributed by atoms with van der Waals surface area (Å²) in [4.78, 5) is 14.5. The van der Waals surface area contributed by atoms with E-state index in [0.29, 0.717) is 23.3 Å². The quantitative estimate of drug-likeness (QED) is 0.646. The zero-order chi connectivity index (χ0) is 18.8. The first-order valence-electron chi connectivity index (χ1n) is 9.01. The lowest BCUT2D eigenvalue weighted by Crippen LogP contribution is -3.10. The standard InChI is InChI=1S/C20H21ClN6/c1-13-16(21)7-4-8-17(13)23-20-25-18(24-19(22)26-20)12-27-10-9-14-5-2-3-6-15(14)11-27/h2-8H,9-12H2,1H3,(H3,22,23,24,25,26)/p+1. The molecule has 0 saturated carbocycles. The minimum atomic E-state index is 0.221. The third-order valence-corrected chi connectivity index (χ3v) is 5.34. The molecule has 1 atom stereocenters. The van der Waals surface area contributed by atoms with Gasteiger partial charge in [0.1, 0.15) is 13.1 Å². The first kappa shape index (κ1) is 17.7. The summed E-state index contributed by atoms with van der Waals surface area (Å²) >= 11 is 6.19. The molecule has 0 fully saturated rings. The number of anilines is 3. The van der Waals surface area contributed by atoms with E-state index in [1.165, 1.54) is 16.0 Å². The molecule has 6 nitrogen and oxygen atoms in total. The summed E-state index contributed by atoms with van der Waals surface area (Å²) in [6, 6.07) is 14.3. The Bertz CT molecular complexity index is 974. The van der Waals surface area contributed by atoms with E-state index in [4.69, 9.17) is 17.3 Å². The van der Waals surface area contributed by atoms with E-state index in [9.17, 15) is 0 Å². The van der Waals surface area contributed by atoms with Gasteiger partial charge in [0.2, 0.25) is 11.9 Å². The normalized spacial score (nSPS) is 16.0. The van der Waals surface area contributed by atoms with Crippen molar-refractivity contribution in [3.8, 4) is 0 Å². The third kappa shape index (κ3) is 4.02. The monoisotopic (exact) mass is 381 g/mol. The van der Waals surface area contributed by atoms with Crippen LogP contribution in [0.1, 0.15) is 22.5 Å². The van der Waals surface area contributed by atoms with Crippen molar-refractivity contribution in [2.45, 2.75) is 26.4 Å². The fourth-order valence-corrected chi connectivity index (χ4v) is 3.63. The lowest BCUT2D eigenvalue weighted by atomic mass is 10.00. The van der Waals surface area contributed by atoms with Gasteiger partial charge in [0, 0.05) is 22.7 Å². The minimum Gasteiger partial charge on any atom is -0.368 e. The Labute approximate surface area is 163 Å². The van der Waals surface area contributed by atoms with Crippen LogP contribution in [0.4, 0.5) is 17.6 Å². The van der Waals surface area contributed by atoms with Crippen LogP contribution in [-0.4, -0.2) is 21.5 Å². The van der Waals surface area contributed by atoms with Crippen LogP contribution < -0.4 is 16.0 Å². The second-order valence-electron chi connectivity index (χ2n) is 6.84. The molecule has 1 aromatic heterocycles. The van der Waals surface area contributed by atoms with Gasteiger partial charge >= 0.3 is 0 Å². The molecule has 2 aromatic carbocycles. The van der Waals surface area contributed by atoms with Crippen molar-refractivity contribution >= 4 is 29.2 Å². The summed E-state index contributed by atoms with van der Waals surface area (Å²) in [6.07, 6.45) is 1.07. The SMILES string of the molecule is Cc1c(Cl)cccc1Nc1nc(N)nc(C[NH+]2CCc3ccccc3C2)n1. The van der Waals surface area contributed by atoms with E-state index in [1.54, 1.807) is 0 Å². The molecule has 0 saturated heterocycles. The van der Waals surface area contributed by atoms with E-state index >= 15 is 0 Å². The summed E-state index contributed by atoms with van der Waals surface area (Å²) in [5, 5.41) is 3.90. The van der Waals surface area contributed by atoms with Gasteiger partial charge in [0.05, 0.1) is 6.54 Å². The zero-order valence-corrected chi connectivity index (χ0v) is 15.9. The molecule has 7 heteroatoms. The number of nitrogens with two attached hydrogens (primary N) is 1. The predicted octanol–water partition coefficient (Wildman–Crippen LogP) is 2.30. The van der Waals surface area contributed by atoms with Gasteiger partial charge in [-0.25, -0.2) is 0 Å². The smallest absolute Gasteiger partial charge is 0.232 e. The molecule has 4 N–H and O–H groups in total. The maximum atomic E-state index is 6.19. The lowest BCUT2D eigenvalue weighted by molar-refractivity contribution is -0.930. The number of benzene rings is 2. The minimum absolute atomic E-state index is 0.221. The van der Waals surface area contributed by atoms with E-state index in [2.05, 4.69) is 44.5 Å². The Kier molecular flexibility index (Phi) is 4.92. The molecule has 0 radical (unpaired) electrons. The van der Waals surface area contributed by atoms with Crippen LogP contribution in [-0.2, 0) is 19.5 Å². The van der Waals surface area contributed by atoms with Gasteiger partial charge in [-0.2, -0.15) is 15.0 Å². The fraction of sp³-hybridized carbons (Fsp3) is 0.250. The molecule has 0 bridgehead atoms. The Morgan fingerprint density at radius 1 is 1.07 bits per heavy atom. The molecule has 0 amide bonds. The Hall–Kier alpha value is -2.70. The highest BCUT2D eigenvalue weighted by molar-refractivity contribution is 6.31. The van der Waals surface area contributed by atoms with E-state index < -0.39 is 0 Å². The van der Waals surface area contributed by atoms with E-state index in [1.807, 2.05) is 25.1 Å². The molecule has 27 heavy (non-hydrogen) atoms. The number of hydrogen-bond donors (Lipinski definition) is 3. The summed E-state index contributed by atoms with van der Waals surface area (Å²) in [5.41, 5.74) is 10.6. The van der Waals surface area contributed by atoms with Crippen molar-refractivity contribution in [2.24, 2.45) is 0 Å². The van der Waals surface area contributed by atoms with Crippen molar-refractivity contribution < 1.29 is 4.90 Å². The Balaban J connectivity index is 1.52. The van der Waals surface area contributed by atoms with Crippen LogP contribution in [0.3, 0.4) is 0 Å². The third-order valence-electron chi connectivity index (χ3n) is 4.93. The molecule has 3 aromatic rings. The topological polar surface area (TPSA) is 81.2 Å². The van der Waals surface area contributed by atoms with Gasteiger partial charge < -0.3 is 16.0 Å². The van der Waals surface area contributed by atoms with E-state index in [-0.39, 0.29) is 5.95 Å². The fourth-order valence-electron chi connectivity index (χ4n) is 3.45. The second-order valence-corrected chi connectivity index (χ2v) is 7.25. The highest BCUT2D eigenvalue weighted by Crippen LogP contribution is 2.25. The number of nitrogens with one attached hydrogen (secondary N) is 2. The first-order valence-corrected chi connectivity index (χ1v) is 9.39. The van der Waals surface area contributed by atoms with Crippen molar-refractivity contribution in [3.05, 3.63) is 70.0 Å². The molecule has 138 valence electrons. The van der Waals surface area contributed by atoms with Crippen LogP contribution in [0.5, 0.6) is 0 Å². The Morgan fingerprint density at radius 2 is 1.89 bits per heavy atom. The van der Waals surface area contributed by atoms with Crippen molar-refractivity contribution in [1.82, 2.24) is 15.0 Å². The van der Waals surface area contributed by atoms with Crippen LogP contribution in [0, 0.1) is 6.92 Å². The molecule has 1 aliphatic rings. The van der Waals surface area contributed by atoms with Gasteiger partial charge in [-0.05, 0) is 30.2 Å². The molecule has 2 heterocycles. The molecule has 1 unspecified atom stereocenters. The number of nitrogen functional groups attached to an aromatic ring is 1. The van der Waals surface area contributed by atoms with Crippen molar-refractivity contribution in [3.63, 3.8) is 0 Å². The number of nitrogens with zero attached hydrogens (tertiary/aromatic N) is 3. The van der Waals surface area contributed by atoms with Crippen LogP contribution in [0.15, 0.2) is 42.5 Å². The summed E-state index contributed by atoms with van der Waals surface area (Å²) in [6.45, 7) is 4.69. The lowest BCUT2D eigenvalue weighted by Gasteiger charge is -2.25. The van der Waals surface area contributed by atoms with Crippen LogP contribution >= 0.6 is 11.6 Å². The molecule has 0 spiro atoms. The van der Waals surface area contributed by atoms with Crippen LogP contribution in [0.2, 0.25) is 5.02 Å². The zero-order valence-electron chi connectivity index (χ0n) is 15.2. The number of quaternary nitrogens is 1. The second kappa shape index (κ2) is 7.50. The molecule has 1 aliphatic heterocycles. The van der Waals surface area contributed by atoms with Crippen LogP contribution in [0.25, 0.3) is 0 Å². The van der Waals surface area contributed by atoms with Crippen molar-refractivity contribution in [2.75, 3.05) is 17.6 Å². The average molecular weight is 382 g/mol. The number of rotatable bonds is 4. The molecular formula is C20H22ClN6+. The van der Waals surface area contributed by atoms with Gasteiger partial charge in [0.25, 0.3) is 0 Å². The highest BCUT2D eigenvalue weighted by atomic mass is 35.5. The predicted molar refractivity (Wildman–Crippen MR) is 107 cm³/mol. The summed E-state index contributed by atoms with van der Waals surface area (Å²) in [5.74, 6) is 1.36. The summed E-state index contributed by atoms with van der Waals surface area (Å²) < 4.78 is 0. The van der Waals surface area contributed by atoms with E-state index in [0.717, 1.165) is 30.8 Å². The number of halogens is 1.